The third-order valence-corrected chi connectivity index (χ3v) is 3.31. The van der Waals surface area contributed by atoms with E-state index in [9.17, 15) is 4.79 Å². The summed E-state index contributed by atoms with van der Waals surface area (Å²) in [5.74, 6) is 0.809. The van der Waals surface area contributed by atoms with E-state index in [0.29, 0.717) is 12.1 Å². The van der Waals surface area contributed by atoms with Crippen molar-refractivity contribution in [3.05, 3.63) is 30.6 Å². The van der Waals surface area contributed by atoms with Crippen LogP contribution in [0.3, 0.4) is 0 Å². The smallest absolute Gasteiger partial charge is 0.224 e. The topological polar surface area (TPSA) is 96.7 Å². The number of nitrogens with two attached hydrogens (primary N) is 1. The summed E-state index contributed by atoms with van der Waals surface area (Å²) in [5, 5.41) is 10.1. The first kappa shape index (κ1) is 13.4. The van der Waals surface area contributed by atoms with Crippen molar-refractivity contribution in [3.8, 4) is 0 Å². The Labute approximate surface area is 115 Å². The molecule has 1 aromatic carbocycles. The second kappa shape index (κ2) is 6.79. The van der Waals surface area contributed by atoms with Gasteiger partial charge in [-0.15, -0.1) is 0 Å². The van der Waals surface area contributed by atoms with Crippen LogP contribution in [0, 0.1) is 0 Å². The van der Waals surface area contributed by atoms with Crippen molar-refractivity contribution in [2.24, 2.45) is 0 Å². The summed E-state index contributed by atoms with van der Waals surface area (Å²) in [4.78, 5) is 15.7. The van der Waals surface area contributed by atoms with Gasteiger partial charge in [0.15, 0.2) is 5.16 Å². The SMILES string of the molecule is Nc1cccc(NC(=O)CCCSc2ncn[nH]2)c1. The molecule has 7 heteroatoms. The van der Waals surface area contributed by atoms with Gasteiger partial charge >= 0.3 is 0 Å². The maximum Gasteiger partial charge on any atom is 0.224 e. The van der Waals surface area contributed by atoms with Crippen LogP contribution in [-0.4, -0.2) is 26.8 Å². The van der Waals surface area contributed by atoms with E-state index in [2.05, 4.69) is 20.5 Å². The Hall–Kier alpha value is -2.02. The number of anilines is 2. The first-order chi connectivity index (χ1) is 9.24. The molecule has 100 valence electrons. The van der Waals surface area contributed by atoms with Gasteiger partial charge in [-0.25, -0.2) is 4.98 Å². The molecule has 4 N–H and O–H groups in total. The lowest BCUT2D eigenvalue weighted by atomic mass is 10.2. The molecule has 6 nitrogen and oxygen atoms in total. The number of nitrogen functional groups attached to an aromatic ring is 1. The van der Waals surface area contributed by atoms with E-state index in [-0.39, 0.29) is 5.91 Å². The number of benzene rings is 1. The number of aromatic amines is 1. The molecule has 0 fully saturated rings. The van der Waals surface area contributed by atoms with Crippen molar-refractivity contribution >= 4 is 29.0 Å². The normalized spacial score (nSPS) is 10.3. The maximum absolute atomic E-state index is 11.7. The van der Waals surface area contributed by atoms with Crippen LogP contribution in [0.15, 0.2) is 35.7 Å². The fraction of sp³-hybridized carbons (Fsp3) is 0.250. The molecule has 1 aromatic heterocycles. The predicted octanol–water partition coefficient (Wildman–Crippen LogP) is 1.90. The Balaban J connectivity index is 1.67. The standard InChI is InChI=1S/C12H15N5OS/c13-9-3-1-4-10(7-9)16-11(18)5-2-6-19-12-14-8-15-17-12/h1,3-4,7-8H,2,5-6,13H2,(H,16,18)(H,14,15,17). The highest BCUT2D eigenvalue weighted by Gasteiger charge is 2.03. The largest absolute Gasteiger partial charge is 0.399 e. The number of carbonyl (C=O) groups excluding carboxylic acids is 1. The number of nitrogens with one attached hydrogen (secondary N) is 2. The number of aromatic nitrogens is 3. The molecule has 1 heterocycles. The number of carbonyl (C=O) groups is 1. The molecule has 1 amide bonds. The van der Waals surface area contributed by atoms with Crippen molar-refractivity contribution in [2.45, 2.75) is 18.0 Å². The molecule has 0 unspecified atom stereocenters. The van der Waals surface area contributed by atoms with Crippen LogP contribution in [0.5, 0.6) is 0 Å². The summed E-state index contributed by atoms with van der Waals surface area (Å²) in [6, 6.07) is 7.15. The lowest BCUT2D eigenvalue weighted by molar-refractivity contribution is -0.116. The van der Waals surface area contributed by atoms with Crippen LogP contribution in [0.2, 0.25) is 0 Å². The van der Waals surface area contributed by atoms with Gasteiger partial charge in [0, 0.05) is 23.5 Å². The molecule has 0 aliphatic carbocycles. The lowest BCUT2D eigenvalue weighted by Crippen LogP contribution is -2.11. The Kier molecular flexibility index (Phi) is 4.79. The van der Waals surface area contributed by atoms with Gasteiger partial charge in [0.05, 0.1) is 0 Å². The number of thioether (sulfide) groups is 1. The van der Waals surface area contributed by atoms with E-state index in [1.165, 1.54) is 6.33 Å². The summed E-state index contributed by atoms with van der Waals surface area (Å²) >= 11 is 1.55. The van der Waals surface area contributed by atoms with E-state index < -0.39 is 0 Å². The minimum absolute atomic E-state index is 0.0104. The molecule has 0 atom stereocenters. The molecule has 0 aliphatic heterocycles. The summed E-state index contributed by atoms with van der Waals surface area (Å²) in [5.41, 5.74) is 7.01. The van der Waals surface area contributed by atoms with E-state index in [1.807, 2.05) is 12.1 Å². The predicted molar refractivity (Wildman–Crippen MR) is 75.8 cm³/mol. The molecule has 19 heavy (non-hydrogen) atoms. The van der Waals surface area contributed by atoms with Crippen molar-refractivity contribution < 1.29 is 4.79 Å². The van der Waals surface area contributed by atoms with Crippen molar-refractivity contribution in [2.75, 3.05) is 16.8 Å². The fourth-order valence-corrected chi connectivity index (χ4v) is 2.23. The van der Waals surface area contributed by atoms with Gasteiger partial charge < -0.3 is 11.1 Å². The molecule has 0 saturated carbocycles. The van der Waals surface area contributed by atoms with E-state index >= 15 is 0 Å². The summed E-state index contributed by atoms with van der Waals surface area (Å²) in [6.45, 7) is 0. The Morgan fingerprint density at radius 3 is 3.11 bits per heavy atom. The third kappa shape index (κ3) is 4.63. The van der Waals surface area contributed by atoms with Crippen molar-refractivity contribution in [3.63, 3.8) is 0 Å². The quantitative estimate of drug-likeness (QED) is 0.425. The maximum atomic E-state index is 11.7. The zero-order valence-corrected chi connectivity index (χ0v) is 11.1. The van der Waals surface area contributed by atoms with Gasteiger partial charge in [-0.3, -0.25) is 9.89 Å². The first-order valence-corrected chi connectivity index (χ1v) is 6.86. The molecule has 0 saturated heterocycles. The van der Waals surface area contributed by atoms with Crippen LogP contribution in [0.1, 0.15) is 12.8 Å². The minimum Gasteiger partial charge on any atom is -0.399 e. The van der Waals surface area contributed by atoms with Crippen LogP contribution in [0.4, 0.5) is 11.4 Å². The molecule has 0 bridgehead atoms. The molecular weight excluding hydrogens is 262 g/mol. The zero-order valence-electron chi connectivity index (χ0n) is 10.3. The van der Waals surface area contributed by atoms with Crippen LogP contribution in [-0.2, 0) is 4.79 Å². The van der Waals surface area contributed by atoms with Gasteiger partial charge in [0.2, 0.25) is 5.91 Å². The number of hydrogen-bond donors (Lipinski definition) is 3. The molecule has 0 spiro atoms. The highest BCUT2D eigenvalue weighted by molar-refractivity contribution is 7.99. The Bertz CT molecular complexity index is 529. The van der Waals surface area contributed by atoms with Gasteiger partial charge in [-0.05, 0) is 24.6 Å². The number of H-pyrrole nitrogens is 1. The van der Waals surface area contributed by atoms with E-state index in [4.69, 9.17) is 5.73 Å². The van der Waals surface area contributed by atoms with Crippen LogP contribution in [0.25, 0.3) is 0 Å². The van der Waals surface area contributed by atoms with Gasteiger partial charge in [0.1, 0.15) is 6.33 Å². The zero-order chi connectivity index (χ0) is 13.5. The number of hydrogen-bond acceptors (Lipinski definition) is 5. The third-order valence-electron chi connectivity index (χ3n) is 2.35. The summed E-state index contributed by atoms with van der Waals surface area (Å²) < 4.78 is 0. The van der Waals surface area contributed by atoms with E-state index in [0.717, 1.165) is 23.0 Å². The first-order valence-electron chi connectivity index (χ1n) is 5.87. The average molecular weight is 277 g/mol. The highest BCUT2D eigenvalue weighted by atomic mass is 32.2. The monoisotopic (exact) mass is 277 g/mol. The Morgan fingerprint density at radius 1 is 1.47 bits per heavy atom. The van der Waals surface area contributed by atoms with E-state index in [1.54, 1.807) is 23.9 Å². The Morgan fingerprint density at radius 2 is 2.37 bits per heavy atom. The molecule has 2 aromatic rings. The lowest BCUT2D eigenvalue weighted by Gasteiger charge is -2.05. The van der Waals surface area contributed by atoms with Gasteiger partial charge in [0.25, 0.3) is 0 Å². The van der Waals surface area contributed by atoms with Crippen molar-refractivity contribution in [1.29, 1.82) is 0 Å². The molecule has 0 radical (unpaired) electrons. The summed E-state index contributed by atoms with van der Waals surface area (Å²) in [7, 11) is 0. The molecule has 2 rings (SSSR count). The molecular formula is C12H15N5OS. The van der Waals surface area contributed by atoms with Crippen LogP contribution < -0.4 is 11.1 Å². The van der Waals surface area contributed by atoms with Crippen molar-refractivity contribution in [1.82, 2.24) is 15.2 Å². The summed E-state index contributed by atoms with van der Waals surface area (Å²) in [6.07, 6.45) is 2.71. The average Bonchev–Trinajstić information content (AvgIpc) is 2.88. The second-order valence-electron chi connectivity index (χ2n) is 3.92. The minimum atomic E-state index is -0.0104. The van der Waals surface area contributed by atoms with Gasteiger partial charge in [-0.1, -0.05) is 17.8 Å². The number of amides is 1. The number of nitrogens with zero attached hydrogens (tertiary/aromatic N) is 2. The van der Waals surface area contributed by atoms with Gasteiger partial charge in [-0.2, -0.15) is 5.10 Å². The number of rotatable bonds is 6. The molecule has 0 aliphatic rings. The van der Waals surface area contributed by atoms with Crippen LogP contribution >= 0.6 is 11.8 Å². The second-order valence-corrected chi connectivity index (χ2v) is 5.00. The highest BCUT2D eigenvalue weighted by Crippen LogP contribution is 2.15. The fourth-order valence-electron chi connectivity index (χ4n) is 1.51.